The molecule has 0 spiro atoms. The molecule has 0 fully saturated rings. The fraction of sp³-hybridized carbons (Fsp3) is 1.00. The molecule has 0 radical (unpaired) electrons. The van der Waals surface area contributed by atoms with Crippen LogP contribution in [0.25, 0.3) is 0 Å². The van der Waals surface area contributed by atoms with E-state index in [2.05, 4.69) is 23.2 Å². The van der Waals surface area contributed by atoms with Gasteiger partial charge in [0.1, 0.15) is 0 Å². The van der Waals surface area contributed by atoms with Crippen LogP contribution < -0.4 is 0 Å². The topological polar surface area (TPSA) is 3.24 Å². The van der Waals surface area contributed by atoms with E-state index in [0.29, 0.717) is 0 Å². The van der Waals surface area contributed by atoms with Crippen molar-refractivity contribution in [2.45, 2.75) is 4.71 Å². The zero-order chi connectivity index (χ0) is 6.08. The Kier molecular flexibility index (Phi) is 2.16. The van der Waals surface area contributed by atoms with Gasteiger partial charge in [0.25, 0.3) is 0 Å². The molecule has 0 bridgehead atoms. The maximum absolute atomic E-state index is 11.2. The molecule has 0 aromatic heterocycles. The molecule has 0 rings (SSSR count). The van der Waals surface area contributed by atoms with Crippen molar-refractivity contribution in [3.8, 4) is 0 Å². The Bertz CT molecular complexity index is 58.4. The van der Waals surface area contributed by atoms with Gasteiger partial charge in [0.2, 0.25) is 0 Å². The highest BCUT2D eigenvalue weighted by atomic mass is 35.5. The Morgan fingerprint density at radius 2 is 1.43 bits per heavy atom. The number of rotatable bonds is 1. The van der Waals surface area contributed by atoms with Crippen LogP contribution in [0.2, 0.25) is 0 Å². The van der Waals surface area contributed by atoms with Gasteiger partial charge in [-0.05, 0) is 23.2 Å². The fourth-order valence-electron chi connectivity index (χ4n) is 0. The van der Waals surface area contributed by atoms with Gasteiger partial charge in [-0.3, -0.25) is 0 Å². The SMILES string of the molecule is FN(F)C(F)(Cl)Cl. The van der Waals surface area contributed by atoms with Crippen molar-refractivity contribution in [1.82, 2.24) is 5.34 Å². The van der Waals surface area contributed by atoms with E-state index in [1.54, 1.807) is 0 Å². The van der Waals surface area contributed by atoms with Crippen LogP contribution >= 0.6 is 23.2 Å². The van der Waals surface area contributed by atoms with Crippen molar-refractivity contribution < 1.29 is 13.4 Å². The molecular formula is CCl2F3N. The second-order valence-electron chi connectivity index (χ2n) is 0.701. The molecule has 0 saturated carbocycles. The van der Waals surface area contributed by atoms with Gasteiger partial charge >= 0.3 is 4.71 Å². The van der Waals surface area contributed by atoms with Crippen LogP contribution in [-0.4, -0.2) is 10.1 Å². The average Bonchev–Trinajstić information content (AvgIpc) is 1.31. The van der Waals surface area contributed by atoms with Gasteiger partial charge in [0.05, 0.1) is 5.34 Å². The van der Waals surface area contributed by atoms with Crippen LogP contribution in [0.15, 0.2) is 0 Å². The lowest BCUT2D eigenvalue weighted by Crippen LogP contribution is -2.19. The highest BCUT2D eigenvalue weighted by Gasteiger charge is 2.33. The Morgan fingerprint density at radius 3 is 1.43 bits per heavy atom. The predicted octanol–water partition coefficient (Wildman–Crippen LogP) is 2.12. The summed E-state index contributed by atoms with van der Waals surface area (Å²) >= 11 is 8.29. The minimum Gasteiger partial charge on any atom is -0.184 e. The number of halogens is 5. The molecule has 1 nitrogen and oxygen atoms in total. The number of nitrogens with zero attached hydrogens (tertiary/aromatic N) is 1. The summed E-state index contributed by atoms with van der Waals surface area (Å²) in [6.45, 7) is 0. The first-order valence-electron chi connectivity index (χ1n) is 1.13. The minimum absolute atomic E-state index is 1.95. The lowest BCUT2D eigenvalue weighted by molar-refractivity contribution is -0.212. The van der Waals surface area contributed by atoms with Gasteiger partial charge in [-0.15, -0.1) is 0 Å². The minimum atomic E-state index is -3.56. The van der Waals surface area contributed by atoms with Crippen LogP contribution in [0.5, 0.6) is 0 Å². The summed E-state index contributed by atoms with van der Waals surface area (Å²) in [7, 11) is 0. The molecule has 0 aliphatic carbocycles. The molecule has 7 heavy (non-hydrogen) atoms. The van der Waals surface area contributed by atoms with Crippen LogP contribution in [0, 0.1) is 0 Å². The predicted molar refractivity (Wildman–Crippen MR) is 19.6 cm³/mol. The molecule has 6 heteroatoms. The van der Waals surface area contributed by atoms with Gasteiger partial charge in [-0.1, -0.05) is 8.96 Å². The van der Waals surface area contributed by atoms with Crippen molar-refractivity contribution in [2.75, 3.05) is 0 Å². The zero-order valence-electron chi connectivity index (χ0n) is 2.84. The fourth-order valence-corrected chi connectivity index (χ4v) is 0. The molecular weight excluding hydrogens is 154 g/mol. The second kappa shape index (κ2) is 2.07. The van der Waals surface area contributed by atoms with Gasteiger partial charge in [-0.25, -0.2) is 0 Å². The third-order valence-electron chi connectivity index (χ3n) is 0.192. The maximum Gasteiger partial charge on any atom is 0.370 e. The third-order valence-corrected chi connectivity index (χ3v) is 0.447. The molecule has 0 amide bonds. The molecule has 0 saturated heterocycles. The van der Waals surface area contributed by atoms with Crippen LogP contribution in [-0.2, 0) is 0 Å². The van der Waals surface area contributed by atoms with Crippen molar-refractivity contribution in [3.63, 3.8) is 0 Å². The zero-order valence-corrected chi connectivity index (χ0v) is 4.35. The summed E-state index contributed by atoms with van der Waals surface area (Å²) in [6, 6.07) is 0. The summed E-state index contributed by atoms with van der Waals surface area (Å²) in [5, 5.41) is -1.95. The summed E-state index contributed by atoms with van der Waals surface area (Å²) < 4.78 is 29.1. The smallest absolute Gasteiger partial charge is 0.184 e. The molecule has 0 aromatic carbocycles. The number of alkyl halides is 3. The standard InChI is InChI=1S/CCl2F3N/c2-1(3,4)7(5)6. The Balaban J connectivity index is 3.54. The third kappa shape index (κ3) is 2.96. The van der Waals surface area contributed by atoms with Crippen molar-refractivity contribution in [2.24, 2.45) is 0 Å². The van der Waals surface area contributed by atoms with E-state index in [1.807, 2.05) is 0 Å². The molecule has 0 N–H and O–H groups in total. The van der Waals surface area contributed by atoms with Crippen molar-refractivity contribution in [3.05, 3.63) is 0 Å². The molecule has 0 unspecified atom stereocenters. The van der Waals surface area contributed by atoms with Crippen molar-refractivity contribution in [1.29, 1.82) is 0 Å². The Labute approximate surface area is 47.5 Å². The van der Waals surface area contributed by atoms with E-state index < -0.39 is 10.1 Å². The van der Waals surface area contributed by atoms with E-state index in [-0.39, 0.29) is 0 Å². The molecule has 0 aliphatic rings. The summed E-state index contributed by atoms with van der Waals surface area (Å²) in [4.78, 5) is 0. The number of hydrogen-bond donors (Lipinski definition) is 0. The molecule has 0 aliphatic heterocycles. The summed E-state index contributed by atoms with van der Waals surface area (Å²) in [5.41, 5.74) is 0. The molecule has 0 atom stereocenters. The first kappa shape index (κ1) is 7.33. The largest absolute Gasteiger partial charge is 0.370 e. The quantitative estimate of drug-likeness (QED) is 0.317. The summed E-state index contributed by atoms with van der Waals surface area (Å²) in [5.74, 6) is 0. The average molecular weight is 154 g/mol. The van der Waals surface area contributed by atoms with E-state index in [4.69, 9.17) is 0 Å². The van der Waals surface area contributed by atoms with E-state index in [1.165, 1.54) is 0 Å². The first-order valence-corrected chi connectivity index (χ1v) is 1.88. The Hall–Kier alpha value is 0.330. The maximum atomic E-state index is 11.2. The normalized spacial score (nSPS) is 12.9. The van der Waals surface area contributed by atoms with Crippen LogP contribution in [0.3, 0.4) is 0 Å². The highest BCUT2D eigenvalue weighted by molar-refractivity contribution is 6.46. The lowest BCUT2D eigenvalue weighted by atomic mass is 11.4. The summed E-state index contributed by atoms with van der Waals surface area (Å²) in [6.07, 6.45) is 0. The molecule has 44 valence electrons. The molecule has 0 aromatic rings. The van der Waals surface area contributed by atoms with E-state index in [0.717, 1.165) is 0 Å². The van der Waals surface area contributed by atoms with Gasteiger partial charge in [-0.2, -0.15) is 4.39 Å². The molecule has 0 heterocycles. The monoisotopic (exact) mass is 153 g/mol. The van der Waals surface area contributed by atoms with Crippen LogP contribution in [0.4, 0.5) is 13.4 Å². The van der Waals surface area contributed by atoms with Gasteiger partial charge in [0.15, 0.2) is 0 Å². The van der Waals surface area contributed by atoms with Gasteiger partial charge in [0, 0.05) is 0 Å². The first-order chi connectivity index (χ1) is 2.94. The van der Waals surface area contributed by atoms with Crippen molar-refractivity contribution >= 4 is 23.2 Å². The van der Waals surface area contributed by atoms with Gasteiger partial charge < -0.3 is 0 Å². The van der Waals surface area contributed by atoms with E-state index in [9.17, 15) is 13.4 Å². The Morgan fingerprint density at radius 1 is 1.29 bits per heavy atom. The van der Waals surface area contributed by atoms with Crippen LogP contribution in [0.1, 0.15) is 0 Å². The number of hydrogen-bond acceptors (Lipinski definition) is 1. The highest BCUT2D eigenvalue weighted by Crippen LogP contribution is 2.27. The van der Waals surface area contributed by atoms with E-state index >= 15 is 0 Å². The second-order valence-corrected chi connectivity index (χ2v) is 1.90. The lowest BCUT2D eigenvalue weighted by Gasteiger charge is -2.05.